The summed E-state index contributed by atoms with van der Waals surface area (Å²) < 4.78 is 8.74. The molecule has 0 unspecified atom stereocenters. The van der Waals surface area contributed by atoms with Crippen molar-refractivity contribution in [2.45, 2.75) is 13.5 Å². The van der Waals surface area contributed by atoms with Crippen LogP contribution in [0, 0.1) is 14.1 Å². The van der Waals surface area contributed by atoms with Crippen LogP contribution in [0.3, 0.4) is 0 Å². The van der Waals surface area contributed by atoms with Gasteiger partial charge in [-0.05, 0) is 116 Å². The smallest absolute Gasteiger partial charge is 0.335 e. The number of aryl methyl sites for hydroxylation is 1. The molecule has 0 saturated carbocycles. The number of urea groups is 1. The van der Waals surface area contributed by atoms with E-state index in [1.165, 1.54) is 6.08 Å². The molecule has 6 nitrogen and oxygen atoms in total. The van der Waals surface area contributed by atoms with Crippen molar-refractivity contribution in [2.24, 2.45) is 0 Å². The molecule has 1 aliphatic heterocycles. The van der Waals surface area contributed by atoms with E-state index in [-0.39, 0.29) is 5.57 Å². The number of fused-ring (bicyclic) bond motifs is 1. The molecule has 4 aromatic carbocycles. The largest absolute Gasteiger partial charge is 0.487 e. The van der Waals surface area contributed by atoms with E-state index < -0.39 is 17.8 Å². The Morgan fingerprint density at radius 3 is 2.39 bits per heavy atom. The zero-order valence-electron chi connectivity index (χ0n) is 19.9. The molecule has 38 heavy (non-hydrogen) atoms. The van der Waals surface area contributed by atoms with Crippen LogP contribution in [-0.2, 0) is 16.2 Å². The molecule has 5 rings (SSSR count). The second-order valence-corrected chi connectivity index (χ2v) is 11.8. The number of barbiturate groups is 1. The minimum absolute atomic E-state index is 0.124. The van der Waals surface area contributed by atoms with Crippen molar-refractivity contribution in [1.82, 2.24) is 5.32 Å². The maximum atomic E-state index is 13.3. The Hall–Kier alpha value is -2.77. The van der Waals surface area contributed by atoms with E-state index in [1.807, 2.05) is 43.3 Å². The normalized spacial score (nSPS) is 14.8. The molecular weight excluding hydrogens is 774 g/mol. The lowest BCUT2D eigenvalue weighted by atomic mass is 10.1. The van der Waals surface area contributed by atoms with Crippen LogP contribution in [0.4, 0.5) is 10.5 Å². The highest BCUT2D eigenvalue weighted by Gasteiger charge is 2.37. The van der Waals surface area contributed by atoms with Crippen LogP contribution in [0.5, 0.6) is 5.75 Å². The summed E-state index contributed by atoms with van der Waals surface area (Å²) >= 11 is 7.80. The number of anilines is 1. The highest BCUT2D eigenvalue weighted by molar-refractivity contribution is 14.1. The number of carbonyl (C=O) groups excluding carboxylic acids is 3. The molecule has 0 aliphatic carbocycles. The Morgan fingerprint density at radius 2 is 1.66 bits per heavy atom. The molecule has 4 aromatic rings. The first kappa shape index (κ1) is 26.8. The topological polar surface area (TPSA) is 75.7 Å². The summed E-state index contributed by atoms with van der Waals surface area (Å²) in [5, 5.41) is 4.57. The Kier molecular flexibility index (Phi) is 7.87. The van der Waals surface area contributed by atoms with E-state index in [1.54, 1.807) is 18.2 Å². The molecule has 0 spiro atoms. The van der Waals surface area contributed by atoms with Crippen LogP contribution in [0.1, 0.15) is 16.7 Å². The highest BCUT2D eigenvalue weighted by atomic mass is 127. The number of imide groups is 2. The number of halogens is 3. The van der Waals surface area contributed by atoms with Gasteiger partial charge in [0, 0.05) is 4.47 Å². The number of benzene rings is 4. The molecule has 0 bridgehead atoms. The van der Waals surface area contributed by atoms with E-state index in [2.05, 4.69) is 84.6 Å². The van der Waals surface area contributed by atoms with Gasteiger partial charge in [-0.25, -0.2) is 9.69 Å². The van der Waals surface area contributed by atoms with Crippen LogP contribution >= 0.6 is 61.1 Å². The van der Waals surface area contributed by atoms with Gasteiger partial charge in [0.15, 0.2) is 0 Å². The standard InChI is InChI=1S/C29H19BrI2N2O4/c1-16-11-20(9-10-23(16)30)34-28(36)22(27(35)33-29(34)37)12-17-13-24(31)26(25(32)14-17)38-15-19-7-4-6-18-5-2-3-8-21(18)19/h2-14H,15H2,1H3,(H,33,35,37)/b22-12+. The Morgan fingerprint density at radius 1 is 0.947 bits per heavy atom. The van der Waals surface area contributed by atoms with Gasteiger partial charge in [-0.15, -0.1) is 0 Å². The Bertz CT molecular complexity index is 1640. The molecule has 4 amide bonds. The lowest BCUT2D eigenvalue weighted by molar-refractivity contribution is -0.122. The first-order chi connectivity index (χ1) is 18.2. The fourth-order valence-electron chi connectivity index (χ4n) is 4.20. The summed E-state index contributed by atoms with van der Waals surface area (Å²) in [6, 6.07) is 22.3. The predicted octanol–water partition coefficient (Wildman–Crippen LogP) is 7.37. The minimum Gasteiger partial charge on any atom is -0.487 e. The zero-order valence-corrected chi connectivity index (χ0v) is 25.8. The van der Waals surface area contributed by atoms with Crippen molar-refractivity contribution < 1.29 is 19.1 Å². The summed E-state index contributed by atoms with van der Waals surface area (Å²) in [5.74, 6) is -0.684. The third-order valence-corrected chi connectivity index (χ3v) is 8.58. The third kappa shape index (κ3) is 5.36. The second-order valence-electron chi connectivity index (χ2n) is 8.63. The van der Waals surface area contributed by atoms with Crippen LogP contribution in [-0.4, -0.2) is 17.8 Å². The lowest BCUT2D eigenvalue weighted by Crippen LogP contribution is -2.54. The maximum Gasteiger partial charge on any atom is 0.335 e. The molecule has 190 valence electrons. The zero-order chi connectivity index (χ0) is 27.0. The second kappa shape index (κ2) is 11.1. The summed E-state index contributed by atoms with van der Waals surface area (Å²) in [6.45, 7) is 2.26. The van der Waals surface area contributed by atoms with E-state index >= 15 is 0 Å². The number of nitrogens with one attached hydrogen (secondary N) is 1. The van der Waals surface area contributed by atoms with Gasteiger partial charge in [-0.3, -0.25) is 14.9 Å². The average molecular weight is 793 g/mol. The number of hydrogen-bond acceptors (Lipinski definition) is 4. The molecule has 1 aliphatic rings. The van der Waals surface area contributed by atoms with Crippen LogP contribution in [0.15, 0.2) is 82.8 Å². The molecule has 0 aromatic heterocycles. The van der Waals surface area contributed by atoms with Crippen molar-refractivity contribution >= 4 is 101 Å². The first-order valence-electron chi connectivity index (χ1n) is 11.5. The number of rotatable bonds is 5. The number of hydrogen-bond donors (Lipinski definition) is 1. The molecule has 1 fully saturated rings. The van der Waals surface area contributed by atoms with Crippen molar-refractivity contribution in [3.8, 4) is 5.75 Å². The van der Waals surface area contributed by atoms with Gasteiger partial charge in [-0.2, -0.15) is 0 Å². The van der Waals surface area contributed by atoms with Crippen molar-refractivity contribution in [1.29, 1.82) is 0 Å². The van der Waals surface area contributed by atoms with Gasteiger partial charge in [0.2, 0.25) is 0 Å². The van der Waals surface area contributed by atoms with Crippen molar-refractivity contribution in [3.05, 3.63) is 107 Å². The monoisotopic (exact) mass is 792 g/mol. The van der Waals surface area contributed by atoms with Gasteiger partial charge in [-0.1, -0.05) is 58.4 Å². The molecule has 1 saturated heterocycles. The van der Waals surface area contributed by atoms with Crippen molar-refractivity contribution in [3.63, 3.8) is 0 Å². The molecule has 1 heterocycles. The molecular formula is C29H19BrI2N2O4. The van der Waals surface area contributed by atoms with E-state index in [4.69, 9.17) is 4.74 Å². The van der Waals surface area contributed by atoms with E-state index in [0.717, 1.165) is 44.2 Å². The Labute approximate surface area is 254 Å². The molecule has 1 N–H and O–H groups in total. The minimum atomic E-state index is -0.778. The highest BCUT2D eigenvalue weighted by Crippen LogP contribution is 2.32. The van der Waals surface area contributed by atoms with Gasteiger partial charge >= 0.3 is 6.03 Å². The fourth-order valence-corrected chi connectivity index (χ4v) is 6.57. The average Bonchev–Trinajstić information content (AvgIpc) is 2.88. The number of ether oxygens (including phenoxy) is 1. The first-order valence-corrected chi connectivity index (χ1v) is 14.4. The Balaban J connectivity index is 1.42. The van der Waals surface area contributed by atoms with Crippen LogP contribution in [0.2, 0.25) is 0 Å². The van der Waals surface area contributed by atoms with Gasteiger partial charge in [0.25, 0.3) is 11.8 Å². The molecule has 9 heteroatoms. The third-order valence-electron chi connectivity index (χ3n) is 6.08. The van der Waals surface area contributed by atoms with Crippen molar-refractivity contribution in [2.75, 3.05) is 4.90 Å². The van der Waals surface area contributed by atoms with Crippen LogP contribution in [0.25, 0.3) is 16.8 Å². The predicted molar refractivity (Wildman–Crippen MR) is 168 cm³/mol. The number of amides is 4. The summed E-state index contributed by atoms with van der Waals surface area (Å²) in [7, 11) is 0. The van der Waals surface area contributed by atoms with Gasteiger partial charge in [0.05, 0.1) is 12.8 Å². The van der Waals surface area contributed by atoms with E-state index in [0.29, 0.717) is 17.9 Å². The van der Waals surface area contributed by atoms with E-state index in [9.17, 15) is 14.4 Å². The molecule has 0 atom stereocenters. The van der Waals surface area contributed by atoms with Crippen LogP contribution < -0.4 is 15.0 Å². The summed E-state index contributed by atoms with van der Waals surface area (Å²) in [4.78, 5) is 39.4. The maximum absolute atomic E-state index is 13.3. The summed E-state index contributed by atoms with van der Waals surface area (Å²) in [6.07, 6.45) is 1.50. The summed E-state index contributed by atoms with van der Waals surface area (Å²) in [5.41, 5.74) is 2.84. The van der Waals surface area contributed by atoms with Gasteiger partial charge < -0.3 is 4.74 Å². The SMILES string of the molecule is Cc1cc(N2C(=O)NC(=O)/C(=C\c3cc(I)c(OCc4cccc5ccccc45)c(I)c3)C2=O)ccc1Br. The fraction of sp³-hybridized carbons (Fsp3) is 0.0690. The lowest BCUT2D eigenvalue weighted by Gasteiger charge is -2.26. The number of carbonyl (C=O) groups is 3. The molecule has 0 radical (unpaired) electrons. The quantitative estimate of drug-likeness (QED) is 0.130. The van der Waals surface area contributed by atoms with Gasteiger partial charge in [0.1, 0.15) is 17.9 Å². The number of nitrogens with zero attached hydrogens (tertiary/aromatic N) is 1.